The first-order chi connectivity index (χ1) is 15.0. The van der Waals surface area contributed by atoms with E-state index >= 15 is 0 Å². The number of benzene rings is 2. The lowest BCUT2D eigenvalue weighted by atomic mass is 10.1. The van der Waals surface area contributed by atoms with Crippen molar-refractivity contribution in [2.24, 2.45) is 0 Å². The zero-order chi connectivity index (χ0) is 22.3. The smallest absolute Gasteiger partial charge is 0.310 e. The fourth-order valence-electron chi connectivity index (χ4n) is 2.62. The van der Waals surface area contributed by atoms with Crippen molar-refractivity contribution in [3.05, 3.63) is 117 Å². The van der Waals surface area contributed by atoms with Gasteiger partial charge in [0, 0.05) is 36.4 Å². The maximum absolute atomic E-state index is 9.81. The van der Waals surface area contributed by atoms with Gasteiger partial charge >= 0.3 is 11.9 Å². The van der Waals surface area contributed by atoms with E-state index in [0.717, 1.165) is 12.8 Å². The molecule has 0 amide bonds. The van der Waals surface area contributed by atoms with E-state index in [1.807, 2.05) is 22.7 Å². The van der Waals surface area contributed by atoms with Crippen LogP contribution in [0.1, 0.15) is 34.7 Å². The molecule has 31 heavy (non-hydrogen) atoms. The normalized spacial score (nSPS) is 9.48. The molecular weight excluding hydrogens is 424 g/mol. The molecule has 3 nitrogen and oxygen atoms in total. The van der Waals surface area contributed by atoms with Crippen molar-refractivity contribution in [3.8, 4) is 0 Å². The van der Waals surface area contributed by atoms with Crippen LogP contribution in [0.3, 0.4) is 0 Å². The Morgan fingerprint density at radius 2 is 1.00 bits per heavy atom. The van der Waals surface area contributed by atoms with Crippen molar-refractivity contribution in [1.82, 2.24) is 0 Å². The van der Waals surface area contributed by atoms with Gasteiger partial charge in [0.2, 0.25) is 0 Å². The van der Waals surface area contributed by atoms with Gasteiger partial charge in [-0.25, -0.2) is 0 Å². The molecule has 0 N–H and O–H groups in total. The Morgan fingerprint density at radius 3 is 1.26 bits per heavy atom. The van der Waals surface area contributed by atoms with Gasteiger partial charge in [-0.2, -0.15) is 0 Å². The summed E-state index contributed by atoms with van der Waals surface area (Å²) in [7, 11) is 0. The molecule has 4 aromatic rings. The number of hydrogen-bond acceptors (Lipinski definition) is 5. The van der Waals surface area contributed by atoms with Crippen molar-refractivity contribution in [2.75, 3.05) is 0 Å². The predicted octanol–water partition coefficient (Wildman–Crippen LogP) is 6.77. The third-order valence-corrected chi connectivity index (χ3v) is 5.64. The van der Waals surface area contributed by atoms with Crippen LogP contribution < -0.4 is 0 Å². The lowest BCUT2D eigenvalue weighted by Gasteiger charge is -1.96. The van der Waals surface area contributed by atoms with Crippen LogP contribution >= 0.6 is 22.7 Å². The summed E-state index contributed by atoms with van der Waals surface area (Å²) in [4.78, 5) is 22.5. The zero-order valence-corrected chi connectivity index (χ0v) is 19.3. The highest BCUT2D eigenvalue weighted by atomic mass is 32.1. The molecule has 0 aliphatic carbocycles. The molecule has 0 aliphatic heterocycles. The first-order valence-electron chi connectivity index (χ1n) is 9.84. The highest BCUT2D eigenvalue weighted by molar-refractivity contribution is 7.10. The fourth-order valence-corrected chi connectivity index (χ4v) is 4.10. The lowest BCUT2D eigenvalue weighted by Crippen LogP contribution is -2.03. The quantitative estimate of drug-likeness (QED) is 0.254. The Labute approximate surface area is 192 Å². The Morgan fingerprint density at radius 1 is 0.613 bits per heavy atom. The van der Waals surface area contributed by atoms with Gasteiger partial charge in [0.25, 0.3) is 0 Å². The van der Waals surface area contributed by atoms with Crippen LogP contribution in [0.25, 0.3) is 0 Å². The fraction of sp³-hybridized carbons (Fsp3) is 0.154. The second-order valence-corrected chi connectivity index (χ2v) is 8.63. The first kappa shape index (κ1) is 24.3. The van der Waals surface area contributed by atoms with Crippen LogP contribution in [0.5, 0.6) is 0 Å². The van der Waals surface area contributed by atoms with E-state index in [9.17, 15) is 9.59 Å². The molecule has 0 bridgehead atoms. The maximum atomic E-state index is 9.81. The number of carbonyl (C=O) groups excluding carboxylic acids is 2. The number of esters is 2. The molecule has 0 atom stereocenters. The highest BCUT2D eigenvalue weighted by Gasteiger charge is 1.95. The van der Waals surface area contributed by atoms with Gasteiger partial charge in [-0.05, 0) is 34.0 Å². The monoisotopic (exact) mass is 450 g/mol. The SMILES string of the molecule is CC(=O)OC(C)=O.c1ccc(Cc2cccs2)cc1.c1ccc(Cc2cccs2)cc1. The van der Waals surface area contributed by atoms with Crippen molar-refractivity contribution in [2.45, 2.75) is 26.7 Å². The molecule has 0 spiro atoms. The summed E-state index contributed by atoms with van der Waals surface area (Å²) in [5.74, 6) is -1.12. The Balaban J connectivity index is 0.000000173. The van der Waals surface area contributed by atoms with E-state index in [2.05, 4.69) is 100 Å². The van der Waals surface area contributed by atoms with Crippen LogP contribution in [-0.2, 0) is 27.2 Å². The van der Waals surface area contributed by atoms with Crippen molar-refractivity contribution in [1.29, 1.82) is 0 Å². The molecule has 0 radical (unpaired) electrons. The molecule has 0 saturated carbocycles. The van der Waals surface area contributed by atoms with E-state index in [1.165, 1.54) is 34.7 Å². The molecule has 4 rings (SSSR count). The van der Waals surface area contributed by atoms with Gasteiger partial charge < -0.3 is 4.74 Å². The predicted molar refractivity (Wildman–Crippen MR) is 130 cm³/mol. The average Bonchev–Trinajstić information content (AvgIpc) is 3.44. The van der Waals surface area contributed by atoms with Crippen LogP contribution in [0.4, 0.5) is 0 Å². The minimum absolute atomic E-state index is 0.562. The number of rotatable bonds is 4. The minimum Gasteiger partial charge on any atom is -0.394 e. The molecule has 2 aromatic heterocycles. The van der Waals surface area contributed by atoms with Gasteiger partial charge in [0.15, 0.2) is 0 Å². The van der Waals surface area contributed by atoms with Gasteiger partial charge in [-0.3, -0.25) is 9.59 Å². The third kappa shape index (κ3) is 11.1. The first-order valence-corrected chi connectivity index (χ1v) is 11.6. The van der Waals surface area contributed by atoms with E-state index in [4.69, 9.17) is 0 Å². The van der Waals surface area contributed by atoms with Crippen LogP contribution in [0.15, 0.2) is 95.7 Å². The Kier molecular flexibility index (Phi) is 11.0. The van der Waals surface area contributed by atoms with Crippen molar-refractivity contribution < 1.29 is 14.3 Å². The summed E-state index contributed by atoms with van der Waals surface area (Å²) in [6.07, 6.45) is 2.14. The molecule has 0 unspecified atom stereocenters. The van der Waals surface area contributed by atoms with Gasteiger partial charge in [0.05, 0.1) is 0 Å². The van der Waals surface area contributed by atoms with Crippen molar-refractivity contribution in [3.63, 3.8) is 0 Å². The standard InChI is InChI=1S/2C11H10S.C4H6O3/c2*1-2-5-10(6-3-1)9-11-7-4-8-12-11;1-3(5)7-4(2)6/h2*1-8H,9H2;1-2H3. The van der Waals surface area contributed by atoms with E-state index in [0.29, 0.717) is 0 Å². The van der Waals surface area contributed by atoms with Gasteiger partial charge in [-0.1, -0.05) is 72.8 Å². The minimum atomic E-state index is -0.562. The molecular formula is C26H26O3S2. The Hall–Kier alpha value is -3.02. The van der Waals surface area contributed by atoms with E-state index in [-0.39, 0.29) is 0 Å². The number of thiophene rings is 2. The highest BCUT2D eigenvalue weighted by Crippen LogP contribution is 2.14. The van der Waals surface area contributed by atoms with Crippen LogP contribution in [0, 0.1) is 0 Å². The molecule has 0 aliphatic rings. The molecule has 5 heteroatoms. The summed E-state index contributed by atoms with van der Waals surface area (Å²) in [6, 6.07) is 29.7. The number of carbonyl (C=O) groups is 2. The summed E-state index contributed by atoms with van der Waals surface area (Å²) >= 11 is 3.64. The largest absolute Gasteiger partial charge is 0.394 e. The van der Waals surface area contributed by atoms with E-state index < -0.39 is 11.9 Å². The van der Waals surface area contributed by atoms with E-state index in [1.54, 1.807) is 0 Å². The van der Waals surface area contributed by atoms with Crippen LogP contribution in [0.2, 0.25) is 0 Å². The van der Waals surface area contributed by atoms with Crippen LogP contribution in [-0.4, -0.2) is 11.9 Å². The van der Waals surface area contributed by atoms with Crippen molar-refractivity contribution >= 4 is 34.6 Å². The summed E-state index contributed by atoms with van der Waals surface area (Å²) in [6.45, 7) is 2.36. The topological polar surface area (TPSA) is 43.4 Å². The second kappa shape index (κ2) is 14.1. The summed E-state index contributed by atoms with van der Waals surface area (Å²) in [5.41, 5.74) is 2.78. The maximum Gasteiger partial charge on any atom is 0.310 e. The average molecular weight is 451 g/mol. The lowest BCUT2D eigenvalue weighted by molar-refractivity contribution is -0.156. The van der Waals surface area contributed by atoms with Gasteiger partial charge in [-0.15, -0.1) is 22.7 Å². The third-order valence-electron chi connectivity index (χ3n) is 3.89. The second-order valence-electron chi connectivity index (χ2n) is 6.57. The zero-order valence-electron chi connectivity index (χ0n) is 17.7. The summed E-state index contributed by atoms with van der Waals surface area (Å²) in [5, 5.41) is 4.25. The Bertz CT molecular complexity index is 910. The number of ether oxygens (including phenoxy) is 1. The van der Waals surface area contributed by atoms with Gasteiger partial charge in [0.1, 0.15) is 0 Å². The number of hydrogen-bond donors (Lipinski definition) is 0. The molecule has 2 aromatic carbocycles. The molecule has 160 valence electrons. The molecule has 2 heterocycles. The molecule has 0 fully saturated rings. The molecule has 0 saturated heterocycles. The summed E-state index contributed by atoms with van der Waals surface area (Å²) < 4.78 is 3.97.